The van der Waals surface area contributed by atoms with Crippen molar-refractivity contribution in [3.8, 4) is 0 Å². The topological polar surface area (TPSA) is 12.4 Å². The molecule has 0 amide bonds. The fraction of sp³-hybridized carbons (Fsp3) is 0.444. The van der Waals surface area contributed by atoms with Crippen molar-refractivity contribution >= 4 is 6.21 Å². The summed E-state index contributed by atoms with van der Waals surface area (Å²) in [6.07, 6.45) is 1.88. The average molecular weight is 133 g/mol. The van der Waals surface area contributed by atoms with Crippen LogP contribution in [0.3, 0.4) is 0 Å². The summed E-state index contributed by atoms with van der Waals surface area (Å²) in [6, 6.07) is 0. The summed E-state index contributed by atoms with van der Waals surface area (Å²) < 4.78 is 0. The molecule has 2 aliphatic rings. The molecule has 1 nitrogen and oxygen atoms in total. The SMILES string of the molecule is C=C1C=NC2=C1C(C)C2C. The summed E-state index contributed by atoms with van der Waals surface area (Å²) in [5.41, 5.74) is 3.80. The van der Waals surface area contributed by atoms with Crippen molar-refractivity contribution < 1.29 is 0 Å². The van der Waals surface area contributed by atoms with Gasteiger partial charge in [-0.05, 0) is 17.1 Å². The van der Waals surface area contributed by atoms with Crippen molar-refractivity contribution in [3.05, 3.63) is 23.4 Å². The standard InChI is InChI=1S/C9H11N/c1-5-4-10-9-7(3)6(2)8(5)9/h4,6-7H,1H2,2-3H3. The van der Waals surface area contributed by atoms with Gasteiger partial charge < -0.3 is 0 Å². The molecule has 1 heterocycles. The van der Waals surface area contributed by atoms with Crippen molar-refractivity contribution in [2.45, 2.75) is 13.8 Å². The third kappa shape index (κ3) is 0.464. The monoisotopic (exact) mass is 133 g/mol. The molecule has 0 spiro atoms. The minimum atomic E-state index is 0.658. The van der Waals surface area contributed by atoms with Crippen molar-refractivity contribution in [1.29, 1.82) is 0 Å². The van der Waals surface area contributed by atoms with Crippen molar-refractivity contribution in [1.82, 2.24) is 0 Å². The summed E-state index contributed by atoms with van der Waals surface area (Å²) in [5, 5.41) is 0. The van der Waals surface area contributed by atoms with Crippen LogP contribution in [0.5, 0.6) is 0 Å². The van der Waals surface area contributed by atoms with Crippen LogP contribution in [0.2, 0.25) is 0 Å². The predicted octanol–water partition coefficient (Wildman–Crippen LogP) is 2.17. The summed E-state index contributed by atoms with van der Waals surface area (Å²) in [4.78, 5) is 4.27. The summed E-state index contributed by atoms with van der Waals surface area (Å²) in [7, 11) is 0. The highest BCUT2D eigenvalue weighted by molar-refractivity contribution is 5.90. The highest BCUT2D eigenvalue weighted by atomic mass is 14.8. The summed E-state index contributed by atoms with van der Waals surface area (Å²) in [5.74, 6) is 1.34. The minimum absolute atomic E-state index is 0.658. The van der Waals surface area contributed by atoms with E-state index in [9.17, 15) is 0 Å². The molecular weight excluding hydrogens is 122 g/mol. The molecule has 52 valence electrons. The van der Waals surface area contributed by atoms with Crippen LogP contribution in [0.15, 0.2) is 28.4 Å². The molecule has 0 N–H and O–H groups in total. The third-order valence-electron chi connectivity index (χ3n) is 2.62. The van der Waals surface area contributed by atoms with Gasteiger partial charge in [-0.1, -0.05) is 20.4 Å². The molecule has 0 aromatic carbocycles. The Balaban J connectivity index is 2.44. The van der Waals surface area contributed by atoms with Crippen LogP contribution in [0.1, 0.15) is 13.8 Å². The van der Waals surface area contributed by atoms with Crippen LogP contribution in [0, 0.1) is 11.8 Å². The van der Waals surface area contributed by atoms with E-state index in [1.165, 1.54) is 11.3 Å². The maximum atomic E-state index is 4.27. The molecule has 2 atom stereocenters. The first-order valence-electron chi connectivity index (χ1n) is 3.69. The van der Waals surface area contributed by atoms with Gasteiger partial charge in [0.1, 0.15) is 0 Å². The van der Waals surface area contributed by atoms with E-state index in [1.54, 1.807) is 0 Å². The molecular formula is C9H11N. The summed E-state index contributed by atoms with van der Waals surface area (Å²) >= 11 is 0. The Bertz CT molecular complexity index is 248. The number of hydrogen-bond donors (Lipinski definition) is 0. The molecule has 1 aliphatic heterocycles. The lowest BCUT2D eigenvalue weighted by molar-refractivity contribution is 0.437. The zero-order valence-corrected chi connectivity index (χ0v) is 6.39. The van der Waals surface area contributed by atoms with E-state index in [0.29, 0.717) is 11.8 Å². The highest BCUT2D eigenvalue weighted by Gasteiger charge is 2.37. The lowest BCUT2D eigenvalue weighted by Crippen LogP contribution is -2.23. The molecule has 2 unspecified atom stereocenters. The quantitative estimate of drug-likeness (QED) is 0.480. The molecule has 0 radical (unpaired) electrons. The molecule has 2 rings (SSSR count). The van der Waals surface area contributed by atoms with E-state index in [0.717, 1.165) is 5.57 Å². The van der Waals surface area contributed by atoms with Crippen LogP contribution >= 0.6 is 0 Å². The lowest BCUT2D eigenvalue weighted by Gasteiger charge is -2.32. The zero-order chi connectivity index (χ0) is 7.30. The first-order chi connectivity index (χ1) is 4.72. The number of aliphatic imine (C=N–C) groups is 1. The number of hydrogen-bond acceptors (Lipinski definition) is 1. The third-order valence-corrected chi connectivity index (χ3v) is 2.62. The van der Waals surface area contributed by atoms with Gasteiger partial charge in [-0.15, -0.1) is 0 Å². The molecule has 0 aromatic heterocycles. The highest BCUT2D eigenvalue weighted by Crippen LogP contribution is 2.46. The number of rotatable bonds is 0. The minimum Gasteiger partial charge on any atom is -0.260 e. The second-order valence-electron chi connectivity index (χ2n) is 3.16. The van der Waals surface area contributed by atoms with Gasteiger partial charge in [-0.25, -0.2) is 0 Å². The van der Waals surface area contributed by atoms with Crippen molar-refractivity contribution in [2.24, 2.45) is 16.8 Å². The van der Waals surface area contributed by atoms with Gasteiger partial charge in [0, 0.05) is 17.8 Å². The smallest absolute Gasteiger partial charge is 0.0479 e. The molecule has 0 saturated carbocycles. The predicted molar refractivity (Wildman–Crippen MR) is 43.0 cm³/mol. The Morgan fingerprint density at radius 1 is 1.40 bits per heavy atom. The largest absolute Gasteiger partial charge is 0.260 e. The van der Waals surface area contributed by atoms with Gasteiger partial charge in [0.15, 0.2) is 0 Å². The Morgan fingerprint density at radius 2 is 2.10 bits per heavy atom. The van der Waals surface area contributed by atoms with Crippen LogP contribution in [0.4, 0.5) is 0 Å². The van der Waals surface area contributed by atoms with Gasteiger partial charge in [0.05, 0.1) is 0 Å². The van der Waals surface area contributed by atoms with E-state index in [4.69, 9.17) is 0 Å². The molecule has 10 heavy (non-hydrogen) atoms. The van der Waals surface area contributed by atoms with Crippen molar-refractivity contribution in [3.63, 3.8) is 0 Å². The summed E-state index contributed by atoms with van der Waals surface area (Å²) in [6.45, 7) is 8.38. The van der Waals surface area contributed by atoms with Gasteiger partial charge in [0.2, 0.25) is 0 Å². The molecule has 1 aliphatic carbocycles. The Kier molecular flexibility index (Phi) is 0.942. The van der Waals surface area contributed by atoms with Gasteiger partial charge in [-0.2, -0.15) is 0 Å². The Morgan fingerprint density at radius 3 is 2.70 bits per heavy atom. The molecule has 0 bridgehead atoms. The maximum Gasteiger partial charge on any atom is 0.0479 e. The maximum absolute atomic E-state index is 4.27. The number of allylic oxidation sites excluding steroid dienone is 3. The Labute approximate surface area is 61.2 Å². The molecule has 1 heteroatoms. The van der Waals surface area contributed by atoms with Crippen LogP contribution in [-0.2, 0) is 0 Å². The van der Waals surface area contributed by atoms with E-state index in [2.05, 4.69) is 25.4 Å². The first kappa shape index (κ1) is 5.90. The number of nitrogens with zero attached hydrogens (tertiary/aromatic N) is 1. The van der Waals surface area contributed by atoms with E-state index >= 15 is 0 Å². The van der Waals surface area contributed by atoms with Gasteiger partial charge in [-0.3, -0.25) is 4.99 Å². The lowest BCUT2D eigenvalue weighted by atomic mass is 9.72. The normalized spacial score (nSPS) is 36.4. The van der Waals surface area contributed by atoms with Crippen LogP contribution in [0.25, 0.3) is 0 Å². The van der Waals surface area contributed by atoms with E-state index < -0.39 is 0 Å². The fourth-order valence-corrected chi connectivity index (χ4v) is 1.73. The second kappa shape index (κ2) is 1.60. The average Bonchev–Trinajstić information content (AvgIpc) is 2.27. The molecule has 0 fully saturated rings. The van der Waals surface area contributed by atoms with Crippen LogP contribution < -0.4 is 0 Å². The fourth-order valence-electron chi connectivity index (χ4n) is 1.73. The van der Waals surface area contributed by atoms with Gasteiger partial charge >= 0.3 is 0 Å². The Hall–Kier alpha value is -0.850. The van der Waals surface area contributed by atoms with E-state index in [1.807, 2.05) is 6.21 Å². The molecule has 0 aromatic rings. The zero-order valence-electron chi connectivity index (χ0n) is 6.39. The van der Waals surface area contributed by atoms with Crippen molar-refractivity contribution in [2.75, 3.05) is 0 Å². The van der Waals surface area contributed by atoms with E-state index in [-0.39, 0.29) is 0 Å². The second-order valence-corrected chi connectivity index (χ2v) is 3.16. The van der Waals surface area contributed by atoms with Crippen LogP contribution in [-0.4, -0.2) is 6.21 Å². The first-order valence-corrected chi connectivity index (χ1v) is 3.69. The molecule has 0 saturated heterocycles. The van der Waals surface area contributed by atoms with Gasteiger partial charge in [0.25, 0.3) is 0 Å².